The number of aromatic amines is 1. The lowest BCUT2D eigenvalue weighted by atomic mass is 10.2. The number of nitrogens with one attached hydrogen (secondary N) is 1. The summed E-state index contributed by atoms with van der Waals surface area (Å²) in [4.78, 5) is 30.3. The fraction of sp³-hybridized carbons (Fsp3) is 0.176. The van der Waals surface area contributed by atoms with Crippen molar-refractivity contribution in [1.82, 2.24) is 9.88 Å². The SMILES string of the molecule is CCN(Cc1cccs1)C(=O)c1ccc(-c2ccco2)[nH]c1=O. The molecule has 0 spiro atoms. The van der Waals surface area contributed by atoms with Crippen LogP contribution in [0.25, 0.3) is 11.5 Å². The summed E-state index contributed by atoms with van der Waals surface area (Å²) < 4.78 is 5.25. The van der Waals surface area contributed by atoms with Crippen LogP contribution in [0.15, 0.2) is 57.3 Å². The van der Waals surface area contributed by atoms with E-state index in [1.165, 1.54) is 6.26 Å². The van der Waals surface area contributed by atoms with Crippen molar-refractivity contribution in [2.75, 3.05) is 6.54 Å². The Morgan fingerprint density at radius 1 is 1.26 bits per heavy atom. The van der Waals surface area contributed by atoms with Crippen molar-refractivity contribution < 1.29 is 9.21 Å². The average molecular weight is 328 g/mol. The molecular weight excluding hydrogens is 312 g/mol. The van der Waals surface area contributed by atoms with E-state index in [0.717, 1.165) is 4.88 Å². The van der Waals surface area contributed by atoms with Crippen LogP contribution in [0, 0.1) is 0 Å². The number of nitrogens with zero attached hydrogens (tertiary/aromatic N) is 1. The van der Waals surface area contributed by atoms with E-state index in [2.05, 4.69) is 4.98 Å². The molecule has 0 atom stereocenters. The number of H-pyrrole nitrogens is 1. The number of carbonyl (C=O) groups excluding carboxylic acids is 1. The van der Waals surface area contributed by atoms with Gasteiger partial charge < -0.3 is 14.3 Å². The molecule has 0 aromatic carbocycles. The predicted octanol–water partition coefficient (Wildman–Crippen LogP) is 3.36. The number of carbonyl (C=O) groups is 1. The Bertz CT molecular complexity index is 835. The first-order chi connectivity index (χ1) is 11.2. The van der Waals surface area contributed by atoms with Gasteiger partial charge in [-0.3, -0.25) is 9.59 Å². The third kappa shape index (κ3) is 3.27. The Balaban J connectivity index is 1.85. The predicted molar refractivity (Wildman–Crippen MR) is 89.5 cm³/mol. The molecule has 5 nitrogen and oxygen atoms in total. The molecule has 6 heteroatoms. The molecule has 0 radical (unpaired) electrons. The second kappa shape index (κ2) is 6.66. The van der Waals surface area contributed by atoms with Gasteiger partial charge in [-0.1, -0.05) is 6.07 Å². The normalized spacial score (nSPS) is 10.7. The topological polar surface area (TPSA) is 66.3 Å². The van der Waals surface area contributed by atoms with E-state index < -0.39 is 5.56 Å². The molecule has 0 aliphatic heterocycles. The number of furan rings is 1. The van der Waals surface area contributed by atoms with Crippen LogP contribution < -0.4 is 5.56 Å². The molecule has 3 heterocycles. The molecule has 1 amide bonds. The van der Waals surface area contributed by atoms with Gasteiger partial charge in [-0.15, -0.1) is 11.3 Å². The summed E-state index contributed by atoms with van der Waals surface area (Å²) >= 11 is 1.59. The van der Waals surface area contributed by atoms with Crippen LogP contribution in [0.2, 0.25) is 0 Å². The fourth-order valence-corrected chi connectivity index (χ4v) is 3.03. The highest BCUT2D eigenvalue weighted by molar-refractivity contribution is 7.09. The van der Waals surface area contributed by atoms with Crippen LogP contribution in [0.4, 0.5) is 0 Å². The zero-order valence-corrected chi connectivity index (χ0v) is 13.4. The first kappa shape index (κ1) is 15.3. The van der Waals surface area contributed by atoms with Crippen molar-refractivity contribution in [3.05, 3.63) is 68.8 Å². The van der Waals surface area contributed by atoms with E-state index in [1.807, 2.05) is 24.4 Å². The number of hydrogen-bond acceptors (Lipinski definition) is 4. The lowest BCUT2D eigenvalue weighted by Gasteiger charge is -2.19. The van der Waals surface area contributed by atoms with Crippen LogP contribution in [-0.4, -0.2) is 22.3 Å². The van der Waals surface area contributed by atoms with Gasteiger partial charge in [0.25, 0.3) is 11.5 Å². The van der Waals surface area contributed by atoms with Gasteiger partial charge in [0, 0.05) is 11.4 Å². The Morgan fingerprint density at radius 3 is 2.74 bits per heavy atom. The third-order valence-electron chi connectivity index (χ3n) is 3.52. The monoisotopic (exact) mass is 328 g/mol. The van der Waals surface area contributed by atoms with Gasteiger partial charge in [-0.25, -0.2) is 0 Å². The molecule has 3 aromatic heterocycles. The van der Waals surface area contributed by atoms with Crippen molar-refractivity contribution in [2.45, 2.75) is 13.5 Å². The molecular formula is C17H16N2O3S. The molecule has 0 bridgehead atoms. The molecule has 3 aromatic rings. The highest BCUT2D eigenvalue weighted by atomic mass is 32.1. The quantitative estimate of drug-likeness (QED) is 0.781. The summed E-state index contributed by atoms with van der Waals surface area (Å²) in [5.41, 5.74) is 0.282. The van der Waals surface area contributed by atoms with E-state index >= 15 is 0 Å². The highest BCUT2D eigenvalue weighted by Crippen LogP contribution is 2.17. The van der Waals surface area contributed by atoms with E-state index in [0.29, 0.717) is 24.5 Å². The molecule has 0 aliphatic carbocycles. The zero-order valence-electron chi connectivity index (χ0n) is 12.6. The largest absolute Gasteiger partial charge is 0.463 e. The number of amides is 1. The lowest BCUT2D eigenvalue weighted by Crippen LogP contribution is -2.34. The summed E-state index contributed by atoms with van der Waals surface area (Å²) in [6, 6.07) is 10.7. The van der Waals surface area contributed by atoms with Gasteiger partial charge in [0.2, 0.25) is 0 Å². The molecule has 118 valence electrons. The number of hydrogen-bond donors (Lipinski definition) is 1. The van der Waals surface area contributed by atoms with Crippen molar-refractivity contribution in [2.24, 2.45) is 0 Å². The first-order valence-corrected chi connectivity index (χ1v) is 8.16. The molecule has 1 N–H and O–H groups in total. The number of pyridine rings is 1. The van der Waals surface area contributed by atoms with E-state index in [4.69, 9.17) is 4.42 Å². The van der Waals surface area contributed by atoms with E-state index in [1.54, 1.807) is 40.5 Å². The maximum atomic E-state index is 12.6. The average Bonchev–Trinajstić information content (AvgIpc) is 3.25. The van der Waals surface area contributed by atoms with Gasteiger partial charge in [0.15, 0.2) is 0 Å². The van der Waals surface area contributed by atoms with Crippen LogP contribution in [-0.2, 0) is 6.54 Å². The summed E-state index contributed by atoms with van der Waals surface area (Å²) in [6.45, 7) is 2.94. The van der Waals surface area contributed by atoms with Crippen LogP contribution >= 0.6 is 11.3 Å². The zero-order chi connectivity index (χ0) is 16.2. The minimum atomic E-state index is -0.409. The number of thiophene rings is 1. The first-order valence-electron chi connectivity index (χ1n) is 7.28. The standard InChI is InChI=1S/C17H16N2O3S/c1-2-19(11-12-5-4-10-23-12)17(21)13-7-8-14(18-16(13)20)15-6-3-9-22-15/h3-10H,2,11H2,1H3,(H,18,20). The molecule has 23 heavy (non-hydrogen) atoms. The van der Waals surface area contributed by atoms with Crippen LogP contribution in [0.5, 0.6) is 0 Å². The third-order valence-corrected chi connectivity index (χ3v) is 4.38. The van der Waals surface area contributed by atoms with Crippen molar-refractivity contribution in [1.29, 1.82) is 0 Å². The number of aromatic nitrogens is 1. The second-order valence-electron chi connectivity index (χ2n) is 4.99. The summed E-state index contributed by atoms with van der Waals surface area (Å²) in [6.07, 6.45) is 1.53. The molecule has 3 rings (SSSR count). The Morgan fingerprint density at radius 2 is 2.13 bits per heavy atom. The second-order valence-corrected chi connectivity index (χ2v) is 6.02. The minimum Gasteiger partial charge on any atom is -0.463 e. The van der Waals surface area contributed by atoms with Gasteiger partial charge in [0.1, 0.15) is 11.3 Å². The summed E-state index contributed by atoms with van der Waals surface area (Å²) in [5, 5.41) is 1.97. The summed E-state index contributed by atoms with van der Waals surface area (Å²) in [5.74, 6) is 0.292. The van der Waals surface area contributed by atoms with Gasteiger partial charge in [-0.05, 0) is 42.6 Å². The fourth-order valence-electron chi connectivity index (χ4n) is 2.31. The van der Waals surface area contributed by atoms with Gasteiger partial charge in [-0.2, -0.15) is 0 Å². The van der Waals surface area contributed by atoms with Crippen LogP contribution in [0.1, 0.15) is 22.2 Å². The Hall–Kier alpha value is -2.60. The molecule has 0 unspecified atom stereocenters. The van der Waals surface area contributed by atoms with Gasteiger partial charge in [0.05, 0.1) is 18.5 Å². The maximum absolute atomic E-state index is 12.6. The number of rotatable bonds is 5. The Labute approximate surface area is 137 Å². The van der Waals surface area contributed by atoms with Crippen LogP contribution in [0.3, 0.4) is 0 Å². The van der Waals surface area contributed by atoms with Crippen molar-refractivity contribution in [3.63, 3.8) is 0 Å². The lowest BCUT2D eigenvalue weighted by molar-refractivity contribution is 0.0752. The molecule has 0 fully saturated rings. The van der Waals surface area contributed by atoms with Crippen molar-refractivity contribution in [3.8, 4) is 11.5 Å². The molecule has 0 aliphatic rings. The minimum absolute atomic E-state index is 0.138. The maximum Gasteiger partial charge on any atom is 0.261 e. The van der Waals surface area contributed by atoms with E-state index in [-0.39, 0.29) is 11.5 Å². The molecule has 0 saturated carbocycles. The Kier molecular flexibility index (Phi) is 4.43. The van der Waals surface area contributed by atoms with E-state index in [9.17, 15) is 9.59 Å². The highest BCUT2D eigenvalue weighted by Gasteiger charge is 2.18. The van der Waals surface area contributed by atoms with Gasteiger partial charge >= 0.3 is 0 Å². The molecule has 0 saturated heterocycles. The summed E-state index contributed by atoms with van der Waals surface area (Å²) in [7, 11) is 0. The smallest absolute Gasteiger partial charge is 0.261 e. The van der Waals surface area contributed by atoms with Crippen molar-refractivity contribution >= 4 is 17.2 Å².